The molecule has 1 aromatic heterocycles. The van der Waals surface area contributed by atoms with Crippen LogP contribution in [0.2, 0.25) is 0 Å². The van der Waals surface area contributed by atoms with Crippen LogP contribution in [-0.2, 0) is 0 Å². The highest BCUT2D eigenvalue weighted by molar-refractivity contribution is 9.10. The monoisotopic (exact) mass is 325 g/mol. The molecule has 0 aliphatic heterocycles. The molecular formula is C12H12BrN3OS. The van der Waals surface area contributed by atoms with E-state index in [1.54, 1.807) is 5.38 Å². The van der Waals surface area contributed by atoms with Crippen LogP contribution in [0.1, 0.15) is 29.0 Å². The van der Waals surface area contributed by atoms with Crippen molar-refractivity contribution in [2.45, 2.75) is 13.0 Å². The summed E-state index contributed by atoms with van der Waals surface area (Å²) >= 11 is 4.72. The van der Waals surface area contributed by atoms with Crippen LogP contribution in [0.5, 0.6) is 0 Å². The summed E-state index contributed by atoms with van der Waals surface area (Å²) in [5, 5.41) is 4.93. The molecule has 0 radical (unpaired) electrons. The van der Waals surface area contributed by atoms with Crippen molar-refractivity contribution in [3.8, 4) is 0 Å². The van der Waals surface area contributed by atoms with Crippen molar-refractivity contribution in [3.05, 3.63) is 45.4 Å². The number of hydrogen-bond donors (Lipinski definition) is 2. The molecule has 2 rings (SSSR count). The molecule has 18 heavy (non-hydrogen) atoms. The Hall–Kier alpha value is -1.40. The van der Waals surface area contributed by atoms with E-state index in [2.05, 4.69) is 26.2 Å². The van der Waals surface area contributed by atoms with Gasteiger partial charge in [-0.2, -0.15) is 0 Å². The largest absolute Gasteiger partial charge is 0.375 e. The van der Waals surface area contributed by atoms with E-state index in [1.807, 2.05) is 31.2 Å². The minimum absolute atomic E-state index is 0.101. The van der Waals surface area contributed by atoms with Crippen LogP contribution in [0.25, 0.3) is 0 Å². The Bertz CT molecular complexity index is 570. The summed E-state index contributed by atoms with van der Waals surface area (Å²) < 4.78 is 0.968. The molecular weight excluding hydrogens is 314 g/mol. The van der Waals surface area contributed by atoms with Gasteiger partial charge in [0.2, 0.25) is 0 Å². The zero-order valence-electron chi connectivity index (χ0n) is 9.68. The van der Waals surface area contributed by atoms with Crippen molar-refractivity contribution in [1.29, 1.82) is 0 Å². The number of carbonyl (C=O) groups is 1. The van der Waals surface area contributed by atoms with Gasteiger partial charge in [-0.1, -0.05) is 34.1 Å². The molecule has 1 amide bonds. The Kier molecular flexibility index (Phi) is 3.98. The van der Waals surface area contributed by atoms with Crippen molar-refractivity contribution < 1.29 is 4.79 Å². The Balaban J connectivity index is 2.10. The smallest absolute Gasteiger partial charge is 0.271 e. The number of nitrogens with one attached hydrogen (secondary N) is 1. The average molecular weight is 326 g/mol. The summed E-state index contributed by atoms with van der Waals surface area (Å²) in [5.41, 5.74) is 6.88. The van der Waals surface area contributed by atoms with E-state index in [0.717, 1.165) is 10.0 Å². The maximum absolute atomic E-state index is 11.9. The second-order valence-corrected chi connectivity index (χ2v) is 5.53. The summed E-state index contributed by atoms with van der Waals surface area (Å²) in [6.45, 7) is 1.92. The van der Waals surface area contributed by atoms with Crippen molar-refractivity contribution in [3.63, 3.8) is 0 Å². The number of nitrogen functional groups attached to an aromatic ring is 1. The summed E-state index contributed by atoms with van der Waals surface area (Å²) in [5.74, 6) is -0.216. The van der Waals surface area contributed by atoms with Crippen LogP contribution in [0.3, 0.4) is 0 Å². The van der Waals surface area contributed by atoms with Crippen LogP contribution in [0.15, 0.2) is 34.1 Å². The van der Waals surface area contributed by atoms with Gasteiger partial charge in [-0.05, 0) is 18.6 Å². The van der Waals surface area contributed by atoms with Gasteiger partial charge in [0.05, 0.1) is 6.04 Å². The molecule has 0 saturated carbocycles. The molecule has 0 aliphatic carbocycles. The van der Waals surface area contributed by atoms with Crippen LogP contribution < -0.4 is 11.1 Å². The molecule has 0 unspecified atom stereocenters. The topological polar surface area (TPSA) is 68.0 Å². The average Bonchev–Trinajstić information content (AvgIpc) is 2.76. The predicted molar refractivity (Wildman–Crippen MR) is 76.5 cm³/mol. The summed E-state index contributed by atoms with van der Waals surface area (Å²) in [6, 6.07) is 7.67. The van der Waals surface area contributed by atoms with Crippen molar-refractivity contribution in [2.75, 3.05) is 5.73 Å². The minimum Gasteiger partial charge on any atom is -0.375 e. The molecule has 94 valence electrons. The summed E-state index contributed by atoms with van der Waals surface area (Å²) in [7, 11) is 0. The van der Waals surface area contributed by atoms with Crippen LogP contribution in [0.4, 0.5) is 5.13 Å². The van der Waals surface area contributed by atoms with E-state index in [0.29, 0.717) is 10.8 Å². The van der Waals surface area contributed by atoms with Gasteiger partial charge in [0, 0.05) is 9.85 Å². The van der Waals surface area contributed by atoms with Crippen molar-refractivity contribution in [1.82, 2.24) is 10.3 Å². The Morgan fingerprint density at radius 2 is 2.22 bits per heavy atom. The van der Waals surface area contributed by atoms with Gasteiger partial charge >= 0.3 is 0 Å². The maximum Gasteiger partial charge on any atom is 0.271 e. The molecule has 0 aliphatic rings. The standard InChI is InChI=1S/C12H12BrN3OS/c1-7(8-4-2-3-5-9(8)13)15-11(17)10-6-18-12(14)16-10/h2-7H,1H3,(H2,14,16)(H,15,17)/t7-/m0/s1. The molecule has 0 saturated heterocycles. The fourth-order valence-corrected chi connectivity index (χ4v) is 2.74. The number of anilines is 1. The molecule has 1 aromatic carbocycles. The van der Waals surface area contributed by atoms with Gasteiger partial charge in [0.1, 0.15) is 5.69 Å². The van der Waals surface area contributed by atoms with Gasteiger partial charge < -0.3 is 11.1 Å². The second kappa shape index (κ2) is 5.49. The van der Waals surface area contributed by atoms with Crippen molar-refractivity contribution in [2.24, 2.45) is 0 Å². The van der Waals surface area contributed by atoms with E-state index in [1.165, 1.54) is 11.3 Å². The van der Waals surface area contributed by atoms with E-state index >= 15 is 0 Å². The quantitative estimate of drug-likeness (QED) is 0.911. The number of amides is 1. The number of carbonyl (C=O) groups excluding carboxylic acids is 1. The third-order valence-electron chi connectivity index (χ3n) is 2.47. The highest BCUT2D eigenvalue weighted by Gasteiger charge is 2.15. The third-order valence-corrected chi connectivity index (χ3v) is 3.87. The molecule has 1 atom stereocenters. The van der Waals surface area contributed by atoms with Gasteiger partial charge in [-0.15, -0.1) is 11.3 Å². The number of nitrogens with zero attached hydrogens (tertiary/aromatic N) is 1. The van der Waals surface area contributed by atoms with Crippen molar-refractivity contribution >= 4 is 38.3 Å². The first-order valence-corrected chi connectivity index (χ1v) is 7.01. The minimum atomic E-state index is -0.216. The van der Waals surface area contributed by atoms with E-state index in [4.69, 9.17) is 5.73 Å². The molecule has 0 spiro atoms. The number of thiazole rings is 1. The number of rotatable bonds is 3. The number of hydrogen-bond acceptors (Lipinski definition) is 4. The lowest BCUT2D eigenvalue weighted by molar-refractivity contribution is 0.0935. The summed E-state index contributed by atoms with van der Waals surface area (Å²) in [6.07, 6.45) is 0. The van der Waals surface area contributed by atoms with Crippen LogP contribution in [0, 0.1) is 0 Å². The zero-order valence-corrected chi connectivity index (χ0v) is 12.1. The molecule has 0 bridgehead atoms. The molecule has 1 heterocycles. The van der Waals surface area contributed by atoms with Crippen LogP contribution in [-0.4, -0.2) is 10.9 Å². The normalized spacial score (nSPS) is 12.1. The first-order valence-electron chi connectivity index (χ1n) is 5.34. The maximum atomic E-state index is 11.9. The predicted octanol–water partition coefficient (Wildman–Crippen LogP) is 2.98. The molecule has 4 nitrogen and oxygen atoms in total. The lowest BCUT2D eigenvalue weighted by Crippen LogP contribution is -2.27. The zero-order chi connectivity index (χ0) is 13.1. The first-order chi connectivity index (χ1) is 8.58. The van der Waals surface area contributed by atoms with Gasteiger partial charge in [0.25, 0.3) is 5.91 Å². The number of halogens is 1. The molecule has 0 fully saturated rings. The number of nitrogens with two attached hydrogens (primary N) is 1. The van der Waals surface area contributed by atoms with Gasteiger partial charge in [-0.25, -0.2) is 4.98 Å². The Morgan fingerprint density at radius 1 is 1.50 bits per heavy atom. The van der Waals surface area contributed by atoms with Gasteiger partial charge in [0.15, 0.2) is 5.13 Å². The third kappa shape index (κ3) is 2.88. The van der Waals surface area contributed by atoms with Crippen LogP contribution >= 0.6 is 27.3 Å². The fourth-order valence-electron chi connectivity index (χ4n) is 1.57. The Labute approximate surface area is 117 Å². The highest BCUT2D eigenvalue weighted by Crippen LogP contribution is 2.23. The number of benzene rings is 1. The fraction of sp³-hybridized carbons (Fsp3) is 0.167. The molecule has 2 aromatic rings. The highest BCUT2D eigenvalue weighted by atomic mass is 79.9. The van der Waals surface area contributed by atoms with E-state index < -0.39 is 0 Å². The lowest BCUT2D eigenvalue weighted by atomic mass is 10.1. The lowest BCUT2D eigenvalue weighted by Gasteiger charge is -2.14. The SMILES string of the molecule is C[C@H](NC(=O)c1csc(N)n1)c1ccccc1Br. The molecule has 6 heteroatoms. The summed E-state index contributed by atoms with van der Waals surface area (Å²) in [4.78, 5) is 15.9. The second-order valence-electron chi connectivity index (χ2n) is 3.79. The molecule has 3 N–H and O–H groups in total. The van der Waals surface area contributed by atoms with E-state index in [9.17, 15) is 4.79 Å². The van der Waals surface area contributed by atoms with Gasteiger partial charge in [-0.3, -0.25) is 4.79 Å². The first kappa shape index (κ1) is 13.0. The Morgan fingerprint density at radius 3 is 2.83 bits per heavy atom. The van der Waals surface area contributed by atoms with E-state index in [-0.39, 0.29) is 11.9 Å². The number of aromatic nitrogens is 1.